The number of nitrogens with zero attached hydrogens (tertiary/aromatic N) is 3. The minimum Gasteiger partial charge on any atom is -0.307 e. The Bertz CT molecular complexity index is 1940. The van der Waals surface area contributed by atoms with Gasteiger partial charge < -0.3 is 9.55 Å². The van der Waals surface area contributed by atoms with E-state index >= 15 is 0 Å². The normalized spacial score (nSPS) is 11.4. The average Bonchev–Trinajstić information content (AvgIpc) is 3.39. The van der Waals surface area contributed by atoms with Crippen molar-refractivity contribution in [3.63, 3.8) is 0 Å². The van der Waals surface area contributed by atoms with E-state index < -0.39 is 0 Å². The third kappa shape index (κ3) is 5.25. The molecule has 41 heavy (non-hydrogen) atoms. The summed E-state index contributed by atoms with van der Waals surface area (Å²) >= 11 is 1.82. The van der Waals surface area contributed by atoms with Crippen molar-refractivity contribution in [3.8, 4) is 22.6 Å². The molecular weight excluding hydrogens is 699 g/mol. The Morgan fingerprint density at radius 3 is 2.37 bits per heavy atom. The van der Waals surface area contributed by atoms with Gasteiger partial charge >= 0.3 is 20.1 Å². The number of benzene rings is 5. The first kappa shape index (κ1) is 27.2. The van der Waals surface area contributed by atoms with Crippen molar-refractivity contribution in [3.05, 3.63) is 145 Å². The molecule has 0 fully saturated rings. The van der Waals surface area contributed by atoms with Crippen molar-refractivity contribution in [1.29, 1.82) is 0 Å². The SMILES string of the molecule is Cc1cc(C)cc(-n2[c-][n+]3c4c(cccc42)Sc2cc4ccccc4[c-]c2-3)c1.[Ir+3].[c-]1ccccc1-c1ccccn1. The minimum absolute atomic E-state index is 0. The number of aryl methyl sites for hydroxylation is 2. The van der Waals surface area contributed by atoms with Crippen LogP contribution in [0.4, 0.5) is 0 Å². The number of aromatic nitrogens is 3. The van der Waals surface area contributed by atoms with Crippen LogP contribution in [0.25, 0.3) is 44.4 Å². The van der Waals surface area contributed by atoms with Gasteiger partial charge in [0.2, 0.25) is 0 Å². The number of hydrogen-bond donors (Lipinski definition) is 0. The summed E-state index contributed by atoms with van der Waals surface area (Å²) in [5.74, 6) is 0. The molecule has 0 N–H and O–H groups in total. The van der Waals surface area contributed by atoms with E-state index in [1.54, 1.807) is 6.20 Å². The first-order valence-electron chi connectivity index (χ1n) is 13.2. The van der Waals surface area contributed by atoms with Crippen LogP contribution in [0.2, 0.25) is 0 Å². The maximum Gasteiger partial charge on any atom is 3.00 e. The minimum atomic E-state index is 0. The van der Waals surface area contributed by atoms with Gasteiger partial charge in [0.1, 0.15) is 0 Å². The van der Waals surface area contributed by atoms with Gasteiger partial charge in [0, 0.05) is 11.1 Å². The molecule has 0 saturated heterocycles. The molecule has 198 valence electrons. The fourth-order valence-corrected chi connectivity index (χ4v) is 6.31. The summed E-state index contributed by atoms with van der Waals surface area (Å²) in [5.41, 5.74) is 9.12. The monoisotopic (exact) mass is 724 g/mol. The second-order valence-corrected chi connectivity index (χ2v) is 11.0. The summed E-state index contributed by atoms with van der Waals surface area (Å²) in [6.07, 6.45) is 5.40. The van der Waals surface area contributed by atoms with E-state index in [9.17, 15) is 0 Å². The first-order chi connectivity index (χ1) is 19.6. The summed E-state index contributed by atoms with van der Waals surface area (Å²) in [5, 5.41) is 2.35. The quantitative estimate of drug-likeness (QED) is 0.132. The Labute approximate surface area is 257 Å². The molecule has 0 unspecified atom stereocenters. The Morgan fingerprint density at radius 1 is 0.780 bits per heavy atom. The maximum absolute atomic E-state index is 4.22. The van der Waals surface area contributed by atoms with E-state index in [4.69, 9.17) is 0 Å². The number of hydrogen-bond acceptors (Lipinski definition) is 2. The molecule has 3 nitrogen and oxygen atoms in total. The van der Waals surface area contributed by atoms with Crippen LogP contribution in [0, 0.1) is 32.3 Å². The molecule has 3 heterocycles. The molecule has 1 aliphatic heterocycles. The van der Waals surface area contributed by atoms with Gasteiger partial charge in [-0.15, -0.1) is 70.9 Å². The van der Waals surface area contributed by atoms with Gasteiger partial charge in [-0.3, -0.25) is 4.57 Å². The molecule has 0 spiro atoms. The third-order valence-electron chi connectivity index (χ3n) is 6.93. The zero-order valence-electron chi connectivity index (χ0n) is 22.6. The molecule has 0 bridgehead atoms. The first-order valence-corrected chi connectivity index (χ1v) is 14.0. The van der Waals surface area contributed by atoms with Gasteiger partial charge in [-0.05, 0) is 43.4 Å². The van der Waals surface area contributed by atoms with Crippen LogP contribution in [-0.4, -0.2) is 9.55 Å². The number of pyridine rings is 1. The fourth-order valence-electron chi connectivity index (χ4n) is 5.21. The number of imidazole rings is 1. The van der Waals surface area contributed by atoms with Crippen molar-refractivity contribution in [2.75, 3.05) is 0 Å². The van der Waals surface area contributed by atoms with Gasteiger partial charge in [-0.2, -0.15) is 11.8 Å². The molecule has 2 aromatic heterocycles. The van der Waals surface area contributed by atoms with Crippen molar-refractivity contribution < 1.29 is 24.7 Å². The smallest absolute Gasteiger partial charge is 0.307 e. The summed E-state index contributed by atoms with van der Waals surface area (Å²) in [4.78, 5) is 6.70. The third-order valence-corrected chi connectivity index (χ3v) is 8.01. The summed E-state index contributed by atoms with van der Waals surface area (Å²) in [7, 11) is 0. The molecule has 0 aliphatic carbocycles. The molecule has 1 aliphatic rings. The number of rotatable bonds is 2. The summed E-state index contributed by atoms with van der Waals surface area (Å²) < 4.78 is 4.36. The van der Waals surface area contributed by atoms with Gasteiger partial charge in [-0.1, -0.05) is 64.6 Å². The van der Waals surface area contributed by atoms with Crippen LogP contribution < -0.4 is 4.57 Å². The Kier molecular flexibility index (Phi) is 7.59. The predicted octanol–water partition coefficient (Wildman–Crippen LogP) is 8.29. The predicted molar refractivity (Wildman–Crippen MR) is 162 cm³/mol. The molecule has 7 aromatic rings. The Hall–Kier alpha value is -4.02. The van der Waals surface area contributed by atoms with E-state index in [-0.39, 0.29) is 20.1 Å². The van der Waals surface area contributed by atoms with Gasteiger partial charge in [-0.25, -0.2) is 0 Å². The van der Waals surface area contributed by atoms with Crippen molar-refractivity contribution in [2.24, 2.45) is 0 Å². The molecule has 0 amide bonds. The van der Waals surface area contributed by atoms with E-state index in [0.717, 1.165) is 28.0 Å². The van der Waals surface area contributed by atoms with E-state index in [1.165, 1.54) is 37.3 Å². The zero-order valence-corrected chi connectivity index (χ0v) is 25.8. The van der Waals surface area contributed by atoms with Crippen LogP contribution in [-0.2, 0) is 20.1 Å². The zero-order chi connectivity index (χ0) is 27.1. The van der Waals surface area contributed by atoms with Gasteiger partial charge in [0.15, 0.2) is 0 Å². The van der Waals surface area contributed by atoms with E-state index in [1.807, 2.05) is 54.2 Å². The van der Waals surface area contributed by atoms with E-state index in [2.05, 4.69) is 113 Å². The fraction of sp³-hybridized carbons (Fsp3) is 0.0556. The molecule has 0 radical (unpaired) electrons. The van der Waals surface area contributed by atoms with Crippen molar-refractivity contribution >= 4 is 33.6 Å². The molecule has 0 atom stereocenters. The van der Waals surface area contributed by atoms with Crippen LogP contribution >= 0.6 is 11.8 Å². The molecule has 8 rings (SSSR count). The van der Waals surface area contributed by atoms with Crippen molar-refractivity contribution in [2.45, 2.75) is 23.6 Å². The Balaban J connectivity index is 0.000000196. The second-order valence-electron chi connectivity index (χ2n) is 9.90. The van der Waals surface area contributed by atoms with E-state index in [0.29, 0.717) is 0 Å². The largest absolute Gasteiger partial charge is 3.00 e. The topological polar surface area (TPSA) is 21.7 Å². The standard InChI is InChI=1S/C25H17N2S.C11H8N.Ir/c1-16-10-17(2)12-20(11-16)26-15-27-22-13-18-6-3-4-7-19(18)14-24(22)28-23-9-5-8-21(26)25(23)27;1-2-6-10(7-3-1)11-8-4-5-9-12-11;/h3-12,14H,1-2H3;1-6,8-9H;/q2*-1;+3. The number of para-hydroxylation sites is 1. The molecule has 5 heteroatoms. The average molecular weight is 724 g/mol. The van der Waals surface area contributed by atoms with Gasteiger partial charge in [0.25, 0.3) is 6.33 Å². The van der Waals surface area contributed by atoms with Crippen LogP contribution in [0.3, 0.4) is 0 Å². The Morgan fingerprint density at radius 2 is 1.59 bits per heavy atom. The molecular formula is C36H25IrN3S+. The number of fused-ring (bicyclic) bond motifs is 3. The molecule has 5 aromatic carbocycles. The summed E-state index contributed by atoms with van der Waals surface area (Å²) in [6.45, 7) is 4.29. The molecule has 0 saturated carbocycles. The summed E-state index contributed by atoms with van der Waals surface area (Å²) in [6, 6.07) is 44.3. The van der Waals surface area contributed by atoms with Gasteiger partial charge in [0.05, 0.1) is 16.7 Å². The van der Waals surface area contributed by atoms with Crippen LogP contribution in [0.1, 0.15) is 11.1 Å². The van der Waals surface area contributed by atoms with Crippen LogP contribution in [0.15, 0.2) is 125 Å². The van der Waals surface area contributed by atoms with Crippen molar-refractivity contribution in [1.82, 2.24) is 9.55 Å². The maximum atomic E-state index is 4.22. The second kappa shape index (κ2) is 11.5. The van der Waals surface area contributed by atoms with Crippen LogP contribution in [0.5, 0.6) is 0 Å².